The summed E-state index contributed by atoms with van der Waals surface area (Å²) in [5.74, 6) is 0.786. The summed E-state index contributed by atoms with van der Waals surface area (Å²) < 4.78 is 0. The molecule has 0 aromatic heterocycles. The molecular weight excluding hydrogens is 172 g/mol. The summed E-state index contributed by atoms with van der Waals surface area (Å²) in [5.41, 5.74) is 0. The van der Waals surface area contributed by atoms with Crippen molar-refractivity contribution in [3.63, 3.8) is 0 Å². The molecule has 1 aliphatic heterocycles. The highest BCUT2D eigenvalue weighted by Gasteiger charge is 2.22. The SMILES string of the molecule is CCN(CC(C)C)C1CCC(C)NC1. The third-order valence-corrected chi connectivity index (χ3v) is 3.16. The number of rotatable bonds is 4. The zero-order chi connectivity index (χ0) is 10.6. The maximum Gasteiger partial charge on any atom is 0.0221 e. The lowest BCUT2D eigenvalue weighted by Gasteiger charge is -2.37. The normalized spacial score (nSPS) is 28.7. The molecule has 1 saturated heterocycles. The number of likely N-dealkylation sites (N-methyl/N-ethyl adjacent to an activating group) is 1. The van der Waals surface area contributed by atoms with Crippen molar-refractivity contribution in [1.29, 1.82) is 0 Å². The Hall–Kier alpha value is -0.0800. The molecule has 1 rings (SSSR count). The molecule has 1 N–H and O–H groups in total. The molecule has 0 aromatic carbocycles. The van der Waals surface area contributed by atoms with Crippen LogP contribution in [-0.2, 0) is 0 Å². The molecule has 0 aliphatic carbocycles. The average molecular weight is 198 g/mol. The Balaban J connectivity index is 2.36. The highest BCUT2D eigenvalue weighted by Crippen LogP contribution is 2.14. The first kappa shape index (κ1) is 12.0. The van der Waals surface area contributed by atoms with Gasteiger partial charge in [-0.3, -0.25) is 4.90 Å². The summed E-state index contributed by atoms with van der Waals surface area (Å²) in [6.45, 7) is 12.8. The van der Waals surface area contributed by atoms with Crippen LogP contribution in [0.25, 0.3) is 0 Å². The Morgan fingerprint density at radius 1 is 1.36 bits per heavy atom. The van der Waals surface area contributed by atoms with Crippen LogP contribution >= 0.6 is 0 Å². The third kappa shape index (κ3) is 3.58. The van der Waals surface area contributed by atoms with Crippen molar-refractivity contribution in [3.8, 4) is 0 Å². The van der Waals surface area contributed by atoms with E-state index in [2.05, 4.69) is 37.9 Å². The van der Waals surface area contributed by atoms with E-state index in [9.17, 15) is 0 Å². The van der Waals surface area contributed by atoms with Gasteiger partial charge in [0.2, 0.25) is 0 Å². The van der Waals surface area contributed by atoms with Gasteiger partial charge in [-0.15, -0.1) is 0 Å². The van der Waals surface area contributed by atoms with E-state index in [1.165, 1.54) is 32.5 Å². The van der Waals surface area contributed by atoms with Crippen LogP contribution in [0.4, 0.5) is 0 Å². The molecule has 1 fully saturated rings. The van der Waals surface area contributed by atoms with Gasteiger partial charge in [-0.25, -0.2) is 0 Å². The summed E-state index contributed by atoms with van der Waals surface area (Å²) in [6, 6.07) is 1.50. The lowest BCUT2D eigenvalue weighted by Crippen LogP contribution is -2.49. The third-order valence-electron chi connectivity index (χ3n) is 3.16. The zero-order valence-electron chi connectivity index (χ0n) is 10.2. The van der Waals surface area contributed by atoms with E-state index in [0.29, 0.717) is 0 Å². The summed E-state index contributed by atoms with van der Waals surface area (Å²) in [5, 5.41) is 3.58. The molecule has 1 heterocycles. The second-order valence-corrected chi connectivity index (χ2v) is 5.02. The van der Waals surface area contributed by atoms with Crippen molar-refractivity contribution in [2.24, 2.45) is 5.92 Å². The summed E-state index contributed by atoms with van der Waals surface area (Å²) in [7, 11) is 0. The lowest BCUT2D eigenvalue weighted by atomic mass is 10.00. The maximum atomic E-state index is 3.58. The fraction of sp³-hybridized carbons (Fsp3) is 1.00. The highest BCUT2D eigenvalue weighted by atomic mass is 15.2. The van der Waals surface area contributed by atoms with Crippen LogP contribution in [0, 0.1) is 5.92 Å². The van der Waals surface area contributed by atoms with Crippen LogP contribution in [0.3, 0.4) is 0 Å². The Bertz CT molecular complexity index is 148. The van der Waals surface area contributed by atoms with Crippen LogP contribution in [-0.4, -0.2) is 36.6 Å². The molecular formula is C12H26N2. The molecule has 0 saturated carbocycles. The predicted molar refractivity (Wildman–Crippen MR) is 62.6 cm³/mol. The minimum absolute atomic E-state index is 0.726. The van der Waals surface area contributed by atoms with E-state index in [1.807, 2.05) is 0 Å². The van der Waals surface area contributed by atoms with Gasteiger partial charge in [-0.05, 0) is 32.2 Å². The predicted octanol–water partition coefficient (Wildman–Crippen LogP) is 2.10. The largest absolute Gasteiger partial charge is 0.313 e. The van der Waals surface area contributed by atoms with Crippen molar-refractivity contribution in [2.45, 2.75) is 52.6 Å². The van der Waals surface area contributed by atoms with Gasteiger partial charge in [0, 0.05) is 25.2 Å². The smallest absolute Gasteiger partial charge is 0.0221 e. The van der Waals surface area contributed by atoms with E-state index in [4.69, 9.17) is 0 Å². The molecule has 1 aliphatic rings. The number of piperidine rings is 1. The second kappa shape index (κ2) is 5.72. The molecule has 2 nitrogen and oxygen atoms in total. The number of hydrogen-bond acceptors (Lipinski definition) is 2. The van der Waals surface area contributed by atoms with E-state index in [-0.39, 0.29) is 0 Å². The van der Waals surface area contributed by atoms with Gasteiger partial charge >= 0.3 is 0 Å². The second-order valence-electron chi connectivity index (χ2n) is 5.02. The first-order chi connectivity index (χ1) is 6.63. The van der Waals surface area contributed by atoms with Gasteiger partial charge in [0.1, 0.15) is 0 Å². The quantitative estimate of drug-likeness (QED) is 0.744. The van der Waals surface area contributed by atoms with Gasteiger partial charge < -0.3 is 5.32 Å². The molecule has 0 aromatic rings. The van der Waals surface area contributed by atoms with Crippen molar-refractivity contribution in [1.82, 2.24) is 10.2 Å². The van der Waals surface area contributed by atoms with Crippen LogP contribution in [0.15, 0.2) is 0 Å². The zero-order valence-corrected chi connectivity index (χ0v) is 10.2. The first-order valence-electron chi connectivity index (χ1n) is 6.11. The summed E-state index contributed by atoms with van der Waals surface area (Å²) in [4.78, 5) is 2.63. The fourth-order valence-electron chi connectivity index (χ4n) is 2.30. The number of nitrogens with zero attached hydrogens (tertiary/aromatic N) is 1. The van der Waals surface area contributed by atoms with Gasteiger partial charge in [0.15, 0.2) is 0 Å². The van der Waals surface area contributed by atoms with E-state index >= 15 is 0 Å². The van der Waals surface area contributed by atoms with Gasteiger partial charge in [-0.2, -0.15) is 0 Å². The first-order valence-corrected chi connectivity index (χ1v) is 6.11. The van der Waals surface area contributed by atoms with E-state index < -0.39 is 0 Å². The Labute approximate surface area is 89.1 Å². The van der Waals surface area contributed by atoms with Crippen molar-refractivity contribution >= 4 is 0 Å². The molecule has 0 amide bonds. The molecule has 2 unspecified atom stereocenters. The monoisotopic (exact) mass is 198 g/mol. The van der Waals surface area contributed by atoms with Crippen LogP contribution in [0.1, 0.15) is 40.5 Å². The molecule has 0 bridgehead atoms. The molecule has 2 atom stereocenters. The average Bonchev–Trinajstić information content (AvgIpc) is 2.15. The van der Waals surface area contributed by atoms with Crippen LogP contribution < -0.4 is 5.32 Å². The van der Waals surface area contributed by atoms with Gasteiger partial charge in [0.05, 0.1) is 0 Å². The standard InChI is InChI=1S/C12H26N2/c1-5-14(9-10(2)3)12-7-6-11(4)13-8-12/h10-13H,5-9H2,1-4H3. The Kier molecular flexibility index (Phi) is 4.90. The molecule has 2 heteroatoms. The van der Waals surface area contributed by atoms with Crippen molar-refractivity contribution in [3.05, 3.63) is 0 Å². The minimum Gasteiger partial charge on any atom is -0.313 e. The Morgan fingerprint density at radius 2 is 2.07 bits per heavy atom. The van der Waals surface area contributed by atoms with Gasteiger partial charge in [0.25, 0.3) is 0 Å². The van der Waals surface area contributed by atoms with E-state index in [1.54, 1.807) is 0 Å². The molecule has 0 radical (unpaired) electrons. The maximum absolute atomic E-state index is 3.58. The number of nitrogens with one attached hydrogen (secondary N) is 1. The lowest BCUT2D eigenvalue weighted by molar-refractivity contribution is 0.146. The summed E-state index contributed by atoms with van der Waals surface area (Å²) >= 11 is 0. The van der Waals surface area contributed by atoms with Crippen molar-refractivity contribution < 1.29 is 0 Å². The fourth-order valence-corrected chi connectivity index (χ4v) is 2.30. The van der Waals surface area contributed by atoms with Crippen molar-refractivity contribution in [2.75, 3.05) is 19.6 Å². The molecule has 0 spiro atoms. The minimum atomic E-state index is 0.726. The van der Waals surface area contributed by atoms with E-state index in [0.717, 1.165) is 18.0 Å². The number of hydrogen-bond donors (Lipinski definition) is 1. The Morgan fingerprint density at radius 3 is 2.50 bits per heavy atom. The topological polar surface area (TPSA) is 15.3 Å². The highest BCUT2D eigenvalue weighted by molar-refractivity contribution is 4.81. The molecule has 84 valence electrons. The van der Waals surface area contributed by atoms with Crippen LogP contribution in [0.5, 0.6) is 0 Å². The van der Waals surface area contributed by atoms with Gasteiger partial charge in [-0.1, -0.05) is 20.8 Å². The van der Waals surface area contributed by atoms with Crippen LogP contribution in [0.2, 0.25) is 0 Å². The summed E-state index contributed by atoms with van der Waals surface area (Å²) in [6.07, 6.45) is 2.70. The molecule has 14 heavy (non-hydrogen) atoms.